The van der Waals surface area contributed by atoms with Crippen molar-refractivity contribution in [2.75, 3.05) is 35.4 Å². The van der Waals surface area contributed by atoms with Crippen molar-refractivity contribution in [3.8, 4) is 5.75 Å². The van der Waals surface area contributed by atoms with Crippen molar-refractivity contribution >= 4 is 39.1 Å². The smallest absolute Gasteiger partial charge is 0.261 e. The van der Waals surface area contributed by atoms with Gasteiger partial charge in [0.25, 0.3) is 5.91 Å². The molecule has 1 saturated heterocycles. The number of carbonyl (C=O) groups excluding carboxylic acids is 2. The Hall–Kier alpha value is -1.74. The Labute approximate surface area is 176 Å². The van der Waals surface area contributed by atoms with E-state index in [4.69, 9.17) is 4.74 Å². The van der Waals surface area contributed by atoms with Crippen LogP contribution < -0.4 is 10.1 Å². The van der Waals surface area contributed by atoms with E-state index in [9.17, 15) is 18.0 Å². The van der Waals surface area contributed by atoms with E-state index in [0.717, 1.165) is 25.7 Å². The van der Waals surface area contributed by atoms with Crippen LogP contribution in [0.4, 0.5) is 5.69 Å². The first kappa shape index (κ1) is 22.0. The van der Waals surface area contributed by atoms with Gasteiger partial charge in [-0.15, -0.1) is 0 Å². The van der Waals surface area contributed by atoms with Gasteiger partial charge in [-0.2, -0.15) is 11.8 Å². The van der Waals surface area contributed by atoms with Crippen molar-refractivity contribution in [3.05, 3.63) is 24.3 Å². The number of benzene rings is 1. The van der Waals surface area contributed by atoms with Crippen LogP contribution in [0.1, 0.15) is 32.1 Å². The lowest BCUT2D eigenvalue weighted by atomic mass is 10.1. The highest BCUT2D eigenvalue weighted by molar-refractivity contribution is 7.99. The minimum absolute atomic E-state index is 0.0552. The van der Waals surface area contributed by atoms with Gasteiger partial charge in [-0.25, -0.2) is 8.42 Å². The highest BCUT2D eigenvalue weighted by Crippen LogP contribution is 2.29. The normalized spacial score (nSPS) is 21.1. The molecule has 1 aliphatic carbocycles. The second-order valence-corrected chi connectivity index (χ2v) is 10.7. The Balaban J connectivity index is 1.59. The molecule has 9 heteroatoms. The van der Waals surface area contributed by atoms with Crippen LogP contribution in [-0.2, 0) is 19.4 Å². The van der Waals surface area contributed by atoms with Crippen molar-refractivity contribution in [2.24, 2.45) is 0 Å². The lowest BCUT2D eigenvalue weighted by molar-refractivity contribution is -0.137. The summed E-state index contributed by atoms with van der Waals surface area (Å²) in [6.45, 7) is -0.120. The van der Waals surface area contributed by atoms with Gasteiger partial charge in [0.2, 0.25) is 5.91 Å². The first-order valence-corrected chi connectivity index (χ1v) is 13.1. The van der Waals surface area contributed by atoms with E-state index in [1.807, 2.05) is 6.26 Å². The van der Waals surface area contributed by atoms with E-state index in [1.165, 1.54) is 11.8 Å². The summed E-state index contributed by atoms with van der Waals surface area (Å²) in [4.78, 5) is 26.3. The molecule has 0 aromatic heterocycles. The number of ether oxygens (including phenoxy) is 1. The maximum Gasteiger partial charge on any atom is 0.261 e. The van der Waals surface area contributed by atoms with Crippen molar-refractivity contribution in [1.82, 2.24) is 4.90 Å². The van der Waals surface area contributed by atoms with Crippen LogP contribution in [0.2, 0.25) is 0 Å². The Kier molecular flexibility index (Phi) is 7.45. The molecule has 0 spiro atoms. The number of thioether (sulfide) groups is 1. The first-order chi connectivity index (χ1) is 13.9. The molecule has 0 bridgehead atoms. The molecule has 1 aliphatic heterocycles. The summed E-state index contributed by atoms with van der Waals surface area (Å²) < 4.78 is 29.5. The summed E-state index contributed by atoms with van der Waals surface area (Å²) in [5, 5.41) is 2.79. The number of amides is 2. The molecule has 1 N–H and O–H groups in total. The minimum atomic E-state index is -3.06. The number of nitrogens with one attached hydrogen (secondary N) is 1. The number of carbonyl (C=O) groups is 2. The average Bonchev–Trinajstić information content (AvgIpc) is 3.31. The van der Waals surface area contributed by atoms with Crippen LogP contribution in [0, 0.1) is 0 Å². The fraction of sp³-hybridized carbons (Fsp3) is 0.600. The first-order valence-electron chi connectivity index (χ1n) is 9.91. The lowest BCUT2D eigenvalue weighted by Crippen LogP contribution is -2.48. The number of rotatable bonds is 8. The van der Waals surface area contributed by atoms with Gasteiger partial charge in [-0.3, -0.25) is 9.59 Å². The molecule has 2 amide bonds. The number of sulfone groups is 1. The maximum atomic E-state index is 12.9. The summed E-state index contributed by atoms with van der Waals surface area (Å²) in [6.07, 6.45) is 6.36. The van der Waals surface area contributed by atoms with Crippen LogP contribution >= 0.6 is 11.8 Å². The van der Waals surface area contributed by atoms with Crippen LogP contribution in [0.5, 0.6) is 5.75 Å². The van der Waals surface area contributed by atoms with Gasteiger partial charge in [0, 0.05) is 17.8 Å². The van der Waals surface area contributed by atoms with E-state index in [1.54, 1.807) is 29.2 Å². The van der Waals surface area contributed by atoms with Crippen molar-refractivity contribution in [1.29, 1.82) is 0 Å². The molecule has 3 rings (SSSR count). The highest BCUT2D eigenvalue weighted by atomic mass is 32.2. The quantitative estimate of drug-likeness (QED) is 0.667. The highest BCUT2D eigenvalue weighted by Gasteiger charge is 2.39. The molecule has 2 aliphatic rings. The third-order valence-corrected chi connectivity index (χ3v) is 7.68. The Morgan fingerprint density at radius 1 is 1.14 bits per heavy atom. The predicted molar refractivity (Wildman–Crippen MR) is 115 cm³/mol. The molecule has 1 aromatic carbocycles. The lowest BCUT2D eigenvalue weighted by Gasteiger charge is -2.34. The Morgan fingerprint density at radius 2 is 1.83 bits per heavy atom. The standard InChI is InChI=1S/C20H28N2O5S2/c1-28-13-19(23)21-15-6-8-18(9-7-15)27-12-20(24)22(16-4-2-3-5-16)17-10-11-29(25,26)14-17/h6-9,16-17H,2-5,10-14H2,1H3,(H,21,23). The summed E-state index contributed by atoms with van der Waals surface area (Å²) in [5.41, 5.74) is 0.673. The summed E-state index contributed by atoms with van der Waals surface area (Å²) >= 11 is 1.45. The molecule has 1 atom stereocenters. The van der Waals surface area contributed by atoms with Crippen LogP contribution in [0.3, 0.4) is 0 Å². The zero-order valence-electron chi connectivity index (χ0n) is 16.6. The number of hydrogen-bond donors (Lipinski definition) is 1. The SMILES string of the molecule is CSCC(=O)Nc1ccc(OCC(=O)N(C2CCCC2)C2CCS(=O)(=O)C2)cc1. The molecule has 160 valence electrons. The molecule has 29 heavy (non-hydrogen) atoms. The second-order valence-electron chi connectivity index (χ2n) is 7.59. The van der Waals surface area contributed by atoms with E-state index in [-0.39, 0.29) is 42.0 Å². The van der Waals surface area contributed by atoms with Gasteiger partial charge < -0.3 is 15.0 Å². The molecule has 1 heterocycles. The van der Waals surface area contributed by atoms with Gasteiger partial charge >= 0.3 is 0 Å². The predicted octanol–water partition coefficient (Wildman–Crippen LogP) is 2.33. The molecular weight excluding hydrogens is 412 g/mol. The van der Waals surface area contributed by atoms with Gasteiger partial charge in [-0.1, -0.05) is 12.8 Å². The van der Waals surface area contributed by atoms with E-state index < -0.39 is 9.84 Å². The topological polar surface area (TPSA) is 92.8 Å². The maximum absolute atomic E-state index is 12.9. The molecule has 7 nitrogen and oxygen atoms in total. The Bertz CT molecular complexity index is 820. The van der Waals surface area contributed by atoms with Crippen LogP contribution in [0.25, 0.3) is 0 Å². The summed E-state index contributed by atoms with van der Waals surface area (Å²) in [7, 11) is -3.06. The molecule has 0 radical (unpaired) electrons. The van der Waals surface area contributed by atoms with E-state index >= 15 is 0 Å². The van der Waals surface area contributed by atoms with Crippen molar-refractivity contribution in [2.45, 2.75) is 44.2 Å². The van der Waals surface area contributed by atoms with Gasteiger partial charge in [0.05, 0.1) is 17.3 Å². The number of nitrogens with zero attached hydrogens (tertiary/aromatic N) is 1. The monoisotopic (exact) mass is 440 g/mol. The largest absolute Gasteiger partial charge is 0.484 e. The average molecular weight is 441 g/mol. The molecule has 2 fully saturated rings. The molecule has 1 aromatic rings. The number of anilines is 1. The zero-order chi connectivity index (χ0) is 20.9. The fourth-order valence-corrected chi connectivity index (χ4v) is 6.11. The second kappa shape index (κ2) is 9.84. The summed E-state index contributed by atoms with van der Waals surface area (Å²) in [5.74, 6) is 0.905. The van der Waals surface area contributed by atoms with Crippen molar-refractivity contribution < 1.29 is 22.7 Å². The van der Waals surface area contributed by atoms with E-state index in [0.29, 0.717) is 23.6 Å². The number of hydrogen-bond acceptors (Lipinski definition) is 6. The van der Waals surface area contributed by atoms with Gasteiger partial charge in [0.15, 0.2) is 16.4 Å². The minimum Gasteiger partial charge on any atom is -0.484 e. The van der Waals surface area contributed by atoms with Crippen molar-refractivity contribution in [3.63, 3.8) is 0 Å². The van der Waals surface area contributed by atoms with Gasteiger partial charge in [0.1, 0.15) is 5.75 Å². The summed E-state index contributed by atoms with van der Waals surface area (Å²) in [6, 6.07) is 6.75. The zero-order valence-corrected chi connectivity index (χ0v) is 18.3. The van der Waals surface area contributed by atoms with Crippen LogP contribution in [0.15, 0.2) is 24.3 Å². The third kappa shape index (κ3) is 6.12. The van der Waals surface area contributed by atoms with Crippen LogP contribution in [-0.4, -0.2) is 67.3 Å². The third-order valence-electron chi connectivity index (χ3n) is 5.38. The fourth-order valence-electron chi connectivity index (χ4n) is 4.06. The molecule has 1 unspecified atom stereocenters. The molecular formula is C20H28N2O5S2. The Morgan fingerprint density at radius 3 is 2.41 bits per heavy atom. The van der Waals surface area contributed by atoms with Gasteiger partial charge in [-0.05, 0) is 49.8 Å². The molecule has 1 saturated carbocycles. The van der Waals surface area contributed by atoms with E-state index in [2.05, 4.69) is 5.32 Å².